The molecule has 2 aromatic heterocycles. The predicted molar refractivity (Wildman–Crippen MR) is 161 cm³/mol. The third-order valence-electron chi connectivity index (χ3n) is 7.45. The smallest absolute Gasteiger partial charge is 0.261 e. The third kappa shape index (κ3) is 5.45. The number of pyridine rings is 1. The minimum Gasteiger partial charge on any atom is -0.369 e. The summed E-state index contributed by atoms with van der Waals surface area (Å²) in [6, 6.07) is 20.9. The van der Waals surface area contributed by atoms with E-state index in [2.05, 4.69) is 30.9 Å². The largest absolute Gasteiger partial charge is 0.369 e. The number of hydrogen-bond acceptors (Lipinski definition) is 6. The molecule has 4 aromatic rings. The van der Waals surface area contributed by atoms with Crippen molar-refractivity contribution in [2.45, 2.75) is 30.3 Å². The molecule has 4 heterocycles. The summed E-state index contributed by atoms with van der Waals surface area (Å²) in [6.45, 7) is 2.34. The summed E-state index contributed by atoms with van der Waals surface area (Å²) >= 11 is 4.91. The first-order valence-corrected chi connectivity index (χ1v) is 16.1. The number of piperidine rings is 1. The van der Waals surface area contributed by atoms with Gasteiger partial charge in [-0.15, -0.1) is 11.3 Å². The molecule has 2 N–H and O–H groups in total. The molecule has 0 aliphatic carbocycles. The number of carbonyl (C=O) groups is 1. The van der Waals surface area contributed by atoms with Crippen molar-refractivity contribution < 1.29 is 13.2 Å². The van der Waals surface area contributed by atoms with E-state index in [1.54, 1.807) is 47.7 Å². The fourth-order valence-electron chi connectivity index (χ4n) is 5.63. The Kier molecular flexibility index (Phi) is 7.28. The molecule has 2 unspecified atom stereocenters. The van der Waals surface area contributed by atoms with Gasteiger partial charge >= 0.3 is 0 Å². The molecule has 0 spiro atoms. The van der Waals surface area contributed by atoms with Gasteiger partial charge in [0.1, 0.15) is 0 Å². The van der Waals surface area contributed by atoms with Gasteiger partial charge in [0.05, 0.1) is 22.8 Å². The first kappa shape index (κ1) is 26.8. The first-order valence-electron chi connectivity index (χ1n) is 12.9. The Hall–Kier alpha value is -3.41. The van der Waals surface area contributed by atoms with Gasteiger partial charge in [0, 0.05) is 52.2 Å². The van der Waals surface area contributed by atoms with Crippen molar-refractivity contribution in [2.24, 2.45) is 5.92 Å². The number of anilines is 2. The maximum atomic E-state index is 13.4. The van der Waals surface area contributed by atoms with Crippen molar-refractivity contribution in [3.63, 3.8) is 0 Å². The Morgan fingerprint density at radius 1 is 1.00 bits per heavy atom. The molecule has 40 heavy (non-hydrogen) atoms. The van der Waals surface area contributed by atoms with Crippen molar-refractivity contribution in [3.8, 4) is 0 Å². The fourth-order valence-corrected chi connectivity index (χ4v) is 7.60. The van der Waals surface area contributed by atoms with Crippen LogP contribution in [-0.2, 0) is 23.1 Å². The molecule has 2 atom stereocenters. The SMILES string of the molecule is O=C(NCc1cccs1)c1ccc(N2CC3CC(C2)c2cccc(=O)n2C3)c(NS(=O)(=O)c2ccc(Br)cc2)c1. The van der Waals surface area contributed by atoms with Crippen molar-refractivity contribution in [2.75, 3.05) is 22.7 Å². The number of sulfonamides is 1. The molecule has 1 saturated heterocycles. The lowest BCUT2D eigenvalue weighted by Gasteiger charge is -2.44. The molecule has 2 aromatic carbocycles. The monoisotopic (exact) mass is 638 g/mol. The van der Waals surface area contributed by atoms with Crippen LogP contribution in [-0.4, -0.2) is 32.0 Å². The van der Waals surface area contributed by atoms with Gasteiger partial charge in [-0.1, -0.05) is 28.1 Å². The van der Waals surface area contributed by atoms with Gasteiger partial charge in [-0.25, -0.2) is 8.42 Å². The minimum atomic E-state index is -3.93. The molecular formula is C29H27BrN4O4S2. The summed E-state index contributed by atoms with van der Waals surface area (Å²) in [5, 5.41) is 4.87. The molecular weight excluding hydrogens is 612 g/mol. The van der Waals surface area contributed by atoms with Gasteiger partial charge in [-0.05, 0) is 72.3 Å². The number of amides is 1. The van der Waals surface area contributed by atoms with Crippen LogP contribution in [0, 0.1) is 5.92 Å². The fraction of sp³-hybridized carbons (Fsp3) is 0.241. The van der Waals surface area contributed by atoms with Crippen molar-refractivity contribution in [3.05, 3.63) is 109 Å². The van der Waals surface area contributed by atoms with Crippen LogP contribution in [0.4, 0.5) is 11.4 Å². The molecule has 0 saturated carbocycles. The number of carbonyl (C=O) groups excluding carboxylic acids is 1. The molecule has 2 aliphatic rings. The molecule has 1 amide bonds. The van der Waals surface area contributed by atoms with Crippen molar-refractivity contribution >= 4 is 54.6 Å². The van der Waals surface area contributed by atoms with Gasteiger partial charge in [0.15, 0.2) is 0 Å². The summed E-state index contributed by atoms with van der Waals surface area (Å²) in [7, 11) is -3.93. The van der Waals surface area contributed by atoms with Crippen molar-refractivity contribution in [1.29, 1.82) is 0 Å². The van der Waals surface area contributed by atoms with E-state index < -0.39 is 10.0 Å². The first-order chi connectivity index (χ1) is 19.3. The number of halogens is 1. The van der Waals surface area contributed by atoms with Crippen LogP contribution in [0.5, 0.6) is 0 Å². The molecule has 206 valence electrons. The van der Waals surface area contributed by atoms with Gasteiger partial charge in [0.25, 0.3) is 21.5 Å². The second-order valence-electron chi connectivity index (χ2n) is 10.2. The number of fused-ring (bicyclic) bond motifs is 4. The topological polar surface area (TPSA) is 101 Å². The molecule has 1 fully saturated rings. The number of rotatable bonds is 7. The number of aromatic nitrogens is 1. The zero-order valence-corrected chi connectivity index (χ0v) is 24.6. The highest BCUT2D eigenvalue weighted by Gasteiger charge is 2.35. The lowest BCUT2D eigenvalue weighted by Crippen LogP contribution is -2.47. The van der Waals surface area contributed by atoms with Gasteiger partial charge in [-0.2, -0.15) is 0 Å². The summed E-state index contributed by atoms with van der Waals surface area (Å²) in [5.41, 5.74) is 2.44. The highest BCUT2D eigenvalue weighted by atomic mass is 79.9. The maximum absolute atomic E-state index is 13.4. The normalized spacial score (nSPS) is 18.2. The van der Waals surface area contributed by atoms with E-state index in [1.807, 2.05) is 34.2 Å². The van der Waals surface area contributed by atoms with Crippen LogP contribution in [0.1, 0.15) is 33.3 Å². The third-order valence-corrected chi connectivity index (χ3v) is 10.2. The second-order valence-corrected chi connectivity index (χ2v) is 13.8. The van der Waals surface area contributed by atoms with E-state index in [1.165, 1.54) is 12.1 Å². The van der Waals surface area contributed by atoms with Crippen molar-refractivity contribution in [1.82, 2.24) is 9.88 Å². The Balaban J connectivity index is 1.33. The lowest BCUT2D eigenvalue weighted by atomic mass is 9.83. The van der Waals surface area contributed by atoms with Crippen LogP contribution >= 0.6 is 27.3 Å². The zero-order valence-electron chi connectivity index (χ0n) is 21.4. The number of hydrogen-bond donors (Lipinski definition) is 2. The summed E-state index contributed by atoms with van der Waals surface area (Å²) in [4.78, 5) is 28.8. The van der Waals surface area contributed by atoms with E-state index >= 15 is 0 Å². The van der Waals surface area contributed by atoms with Gasteiger partial charge in [0.2, 0.25) is 0 Å². The second kappa shape index (κ2) is 10.9. The zero-order chi connectivity index (χ0) is 27.9. The molecule has 2 bridgehead atoms. The Morgan fingerprint density at radius 3 is 2.60 bits per heavy atom. The van der Waals surface area contributed by atoms with E-state index in [0.717, 1.165) is 21.5 Å². The van der Waals surface area contributed by atoms with Crippen LogP contribution in [0.2, 0.25) is 0 Å². The average Bonchev–Trinajstić information content (AvgIpc) is 3.46. The van der Waals surface area contributed by atoms with E-state index in [0.29, 0.717) is 43.1 Å². The van der Waals surface area contributed by atoms with Crippen LogP contribution in [0.3, 0.4) is 0 Å². The minimum absolute atomic E-state index is 0.0153. The molecule has 0 radical (unpaired) electrons. The quantitative estimate of drug-likeness (QED) is 0.296. The molecule has 6 rings (SSSR count). The summed E-state index contributed by atoms with van der Waals surface area (Å²) in [5.74, 6) is 0.106. The van der Waals surface area contributed by atoms with Crippen LogP contribution < -0.4 is 20.5 Å². The van der Waals surface area contributed by atoms with E-state index in [9.17, 15) is 18.0 Å². The maximum Gasteiger partial charge on any atom is 0.261 e. The average molecular weight is 640 g/mol. The Bertz CT molecular complexity index is 1720. The van der Waals surface area contributed by atoms with Crippen LogP contribution in [0.15, 0.2) is 92.3 Å². The molecule has 8 nitrogen and oxygen atoms in total. The molecule has 2 aliphatic heterocycles. The van der Waals surface area contributed by atoms with E-state index in [4.69, 9.17) is 0 Å². The number of nitrogens with one attached hydrogen (secondary N) is 2. The Labute approximate surface area is 244 Å². The number of nitrogens with zero attached hydrogens (tertiary/aromatic N) is 2. The highest BCUT2D eigenvalue weighted by Crippen LogP contribution is 2.40. The Morgan fingerprint density at radius 2 is 1.82 bits per heavy atom. The van der Waals surface area contributed by atoms with E-state index in [-0.39, 0.29) is 28.2 Å². The summed E-state index contributed by atoms with van der Waals surface area (Å²) in [6.07, 6.45) is 0.975. The predicted octanol–water partition coefficient (Wildman–Crippen LogP) is 5.03. The molecule has 11 heteroatoms. The summed E-state index contributed by atoms with van der Waals surface area (Å²) < 4.78 is 32.3. The van der Waals surface area contributed by atoms with Gasteiger partial charge in [-0.3, -0.25) is 14.3 Å². The highest BCUT2D eigenvalue weighted by molar-refractivity contribution is 9.10. The lowest BCUT2D eigenvalue weighted by molar-refractivity contribution is 0.0951. The van der Waals surface area contributed by atoms with Gasteiger partial charge < -0.3 is 14.8 Å². The number of benzene rings is 2. The standard InChI is InChI=1S/C29H27BrN4O4S2/c30-22-7-9-24(10-8-22)40(37,38)32-25-14-20(29(36)31-15-23-3-2-12-39-23)6-11-27(25)33-16-19-13-21(18-33)26-4-1-5-28(35)34(26)17-19/h1-12,14,19,21,32H,13,15-18H2,(H,31,36). The number of thiophene rings is 1. The van der Waals surface area contributed by atoms with Crippen LogP contribution in [0.25, 0.3) is 0 Å².